The van der Waals surface area contributed by atoms with E-state index in [4.69, 9.17) is 5.73 Å². The number of hydrogen-bond donors (Lipinski definition) is 2. The molecule has 3 rings (SSSR count). The zero-order valence-electron chi connectivity index (χ0n) is 14.0. The topological polar surface area (TPSA) is 84.1 Å². The SMILES string of the molecule is CCc1cnc(N)c(C(=O)c2cccc(N3CCCNCC3)n2)c1.[HH].[HH].[HH]. The predicted molar refractivity (Wildman–Crippen MR) is 102 cm³/mol. The van der Waals surface area contributed by atoms with Gasteiger partial charge in [0.25, 0.3) is 0 Å². The molecule has 0 atom stereocenters. The van der Waals surface area contributed by atoms with E-state index >= 15 is 0 Å². The first-order chi connectivity index (χ1) is 11.7. The number of rotatable bonds is 4. The summed E-state index contributed by atoms with van der Waals surface area (Å²) in [4.78, 5) is 23.7. The van der Waals surface area contributed by atoms with Crippen LogP contribution in [0, 0.1) is 0 Å². The summed E-state index contributed by atoms with van der Waals surface area (Å²) in [7, 11) is 0. The summed E-state index contributed by atoms with van der Waals surface area (Å²) in [5.74, 6) is 0.913. The maximum Gasteiger partial charge on any atom is 0.215 e. The van der Waals surface area contributed by atoms with Crippen LogP contribution in [0.3, 0.4) is 0 Å². The molecule has 2 aromatic heterocycles. The molecule has 0 bridgehead atoms. The lowest BCUT2D eigenvalue weighted by Crippen LogP contribution is -2.29. The minimum atomic E-state index is -0.176. The van der Waals surface area contributed by atoms with Gasteiger partial charge in [0.2, 0.25) is 5.78 Å². The Balaban J connectivity index is 0.00000225. The van der Waals surface area contributed by atoms with Crippen LogP contribution in [0.2, 0.25) is 0 Å². The number of nitrogens with zero attached hydrogens (tertiary/aromatic N) is 3. The van der Waals surface area contributed by atoms with E-state index < -0.39 is 0 Å². The average Bonchev–Trinajstić information content (AvgIpc) is 2.91. The van der Waals surface area contributed by atoms with Crippen LogP contribution in [0.4, 0.5) is 11.6 Å². The number of nitrogen functional groups attached to an aromatic ring is 1. The summed E-state index contributed by atoms with van der Waals surface area (Å²) < 4.78 is 0. The van der Waals surface area contributed by atoms with Crippen molar-refractivity contribution in [3.8, 4) is 0 Å². The molecule has 0 radical (unpaired) electrons. The van der Waals surface area contributed by atoms with E-state index in [2.05, 4.69) is 20.2 Å². The van der Waals surface area contributed by atoms with Gasteiger partial charge in [0.15, 0.2) is 0 Å². The fourth-order valence-electron chi connectivity index (χ4n) is 2.83. The number of hydrogen-bond acceptors (Lipinski definition) is 6. The number of nitrogens with two attached hydrogens (primary N) is 1. The van der Waals surface area contributed by atoms with Crippen LogP contribution < -0.4 is 16.0 Å². The second-order valence-corrected chi connectivity index (χ2v) is 5.93. The van der Waals surface area contributed by atoms with E-state index in [0.717, 1.165) is 50.4 Å². The van der Waals surface area contributed by atoms with E-state index in [9.17, 15) is 4.79 Å². The monoisotopic (exact) mass is 331 g/mol. The van der Waals surface area contributed by atoms with E-state index in [1.807, 2.05) is 25.1 Å². The molecule has 132 valence electrons. The van der Waals surface area contributed by atoms with E-state index in [1.54, 1.807) is 12.3 Å². The van der Waals surface area contributed by atoms with Gasteiger partial charge in [-0.25, -0.2) is 9.97 Å². The van der Waals surface area contributed by atoms with Gasteiger partial charge in [0.1, 0.15) is 17.3 Å². The first-order valence-corrected chi connectivity index (χ1v) is 8.41. The third kappa shape index (κ3) is 3.54. The third-order valence-electron chi connectivity index (χ3n) is 4.26. The van der Waals surface area contributed by atoms with Crippen molar-refractivity contribution >= 4 is 17.4 Å². The molecule has 1 fully saturated rings. The number of carbonyl (C=O) groups is 1. The van der Waals surface area contributed by atoms with Crippen LogP contribution >= 0.6 is 0 Å². The van der Waals surface area contributed by atoms with Gasteiger partial charge in [-0.1, -0.05) is 13.0 Å². The molecular formula is C18H29N5O. The Hall–Kier alpha value is -2.47. The first kappa shape index (κ1) is 16.4. The number of carbonyl (C=O) groups excluding carboxylic acids is 1. The van der Waals surface area contributed by atoms with Crippen LogP contribution in [0.15, 0.2) is 30.5 Å². The number of aromatic nitrogens is 2. The number of ketones is 1. The Labute approximate surface area is 146 Å². The van der Waals surface area contributed by atoms with Crippen LogP contribution in [0.25, 0.3) is 0 Å². The zero-order chi connectivity index (χ0) is 16.9. The Morgan fingerprint density at radius 1 is 1.38 bits per heavy atom. The Morgan fingerprint density at radius 3 is 3.08 bits per heavy atom. The number of pyridine rings is 2. The summed E-state index contributed by atoms with van der Waals surface area (Å²) in [5, 5.41) is 3.37. The lowest BCUT2D eigenvalue weighted by atomic mass is 10.1. The Bertz CT molecular complexity index is 737. The Kier molecular flexibility index (Phi) is 5.05. The summed E-state index contributed by atoms with van der Waals surface area (Å²) in [6.07, 6.45) is 3.58. The molecule has 6 heteroatoms. The smallest absolute Gasteiger partial charge is 0.215 e. The van der Waals surface area contributed by atoms with Gasteiger partial charge < -0.3 is 16.0 Å². The van der Waals surface area contributed by atoms with Crippen LogP contribution in [-0.2, 0) is 6.42 Å². The second-order valence-electron chi connectivity index (χ2n) is 5.93. The molecule has 0 amide bonds. The first-order valence-electron chi connectivity index (χ1n) is 8.41. The summed E-state index contributed by atoms with van der Waals surface area (Å²) in [6, 6.07) is 7.38. The Morgan fingerprint density at radius 2 is 2.25 bits per heavy atom. The van der Waals surface area contributed by atoms with Gasteiger partial charge in [-0.2, -0.15) is 0 Å². The van der Waals surface area contributed by atoms with Crippen molar-refractivity contribution in [2.24, 2.45) is 0 Å². The van der Waals surface area contributed by atoms with Crippen molar-refractivity contribution in [3.63, 3.8) is 0 Å². The largest absolute Gasteiger partial charge is 0.383 e. The van der Waals surface area contributed by atoms with E-state index in [1.165, 1.54) is 0 Å². The quantitative estimate of drug-likeness (QED) is 0.837. The standard InChI is InChI=1S/C18H23N5O.3H2/c1-2-13-11-14(18(19)21-12-13)17(24)15-5-3-6-16(22-15)23-9-4-7-20-8-10-23;;;/h3,5-6,11-12,20H,2,4,7-10H2,1H3,(H2,19,21);3*1H. The highest BCUT2D eigenvalue weighted by Crippen LogP contribution is 2.18. The lowest BCUT2D eigenvalue weighted by Gasteiger charge is -2.21. The molecule has 0 aliphatic carbocycles. The molecule has 0 spiro atoms. The van der Waals surface area contributed by atoms with Crippen molar-refractivity contribution in [2.45, 2.75) is 19.8 Å². The van der Waals surface area contributed by atoms with Crippen LogP contribution in [0.5, 0.6) is 0 Å². The van der Waals surface area contributed by atoms with Crippen molar-refractivity contribution in [1.29, 1.82) is 0 Å². The van der Waals surface area contributed by atoms with E-state index in [-0.39, 0.29) is 15.9 Å². The summed E-state index contributed by atoms with van der Waals surface area (Å²) in [6.45, 7) is 5.79. The van der Waals surface area contributed by atoms with Crippen molar-refractivity contribution < 1.29 is 9.07 Å². The third-order valence-corrected chi connectivity index (χ3v) is 4.26. The van der Waals surface area contributed by atoms with Crippen molar-refractivity contribution in [2.75, 3.05) is 36.8 Å². The van der Waals surface area contributed by atoms with Crippen LogP contribution in [0.1, 0.15) is 39.2 Å². The molecule has 0 saturated carbocycles. The maximum absolute atomic E-state index is 12.8. The molecule has 2 aromatic rings. The molecule has 1 saturated heterocycles. The molecule has 0 unspecified atom stereocenters. The lowest BCUT2D eigenvalue weighted by molar-refractivity contribution is 0.103. The molecule has 24 heavy (non-hydrogen) atoms. The molecule has 1 aliphatic rings. The maximum atomic E-state index is 12.8. The molecule has 0 aromatic carbocycles. The van der Waals surface area contributed by atoms with Gasteiger partial charge in [-0.3, -0.25) is 4.79 Å². The van der Waals surface area contributed by atoms with Gasteiger partial charge in [0, 0.05) is 30.1 Å². The zero-order valence-corrected chi connectivity index (χ0v) is 14.0. The average molecular weight is 331 g/mol. The highest BCUT2D eigenvalue weighted by molar-refractivity contribution is 6.10. The van der Waals surface area contributed by atoms with Crippen molar-refractivity contribution in [3.05, 3.63) is 47.3 Å². The summed E-state index contributed by atoms with van der Waals surface area (Å²) in [5.41, 5.74) is 7.73. The molecule has 6 nitrogen and oxygen atoms in total. The van der Waals surface area contributed by atoms with Gasteiger partial charge in [-0.15, -0.1) is 0 Å². The minimum Gasteiger partial charge on any atom is -0.383 e. The molecular weight excluding hydrogens is 302 g/mol. The predicted octanol–water partition coefficient (Wildman–Crippen LogP) is 2.39. The van der Waals surface area contributed by atoms with Gasteiger partial charge in [-0.05, 0) is 43.1 Å². The fourth-order valence-corrected chi connectivity index (χ4v) is 2.83. The molecule has 3 N–H and O–H groups in total. The number of nitrogens with one attached hydrogen (secondary N) is 1. The van der Waals surface area contributed by atoms with Crippen LogP contribution in [-0.4, -0.2) is 41.9 Å². The second kappa shape index (κ2) is 7.40. The molecule has 1 aliphatic heterocycles. The van der Waals surface area contributed by atoms with Gasteiger partial charge >= 0.3 is 0 Å². The van der Waals surface area contributed by atoms with E-state index in [0.29, 0.717) is 11.3 Å². The number of aryl methyl sites for hydroxylation is 1. The van der Waals surface area contributed by atoms with Gasteiger partial charge in [0.05, 0.1) is 5.56 Å². The molecule has 3 heterocycles. The summed E-state index contributed by atoms with van der Waals surface area (Å²) >= 11 is 0. The fraction of sp³-hybridized carbons (Fsp3) is 0.389. The minimum absolute atomic E-state index is 0. The van der Waals surface area contributed by atoms with Crippen molar-refractivity contribution in [1.82, 2.24) is 15.3 Å². The highest BCUT2D eigenvalue weighted by Gasteiger charge is 2.17. The normalized spacial score (nSPS) is 15.1. The number of anilines is 2. The highest BCUT2D eigenvalue weighted by atomic mass is 16.1.